The van der Waals surface area contributed by atoms with E-state index < -0.39 is 0 Å². The SMILES string of the molecule is CCCC/C=C\C(C)OCOCc1ccccc1. The molecule has 1 aromatic carbocycles. The van der Waals surface area contributed by atoms with Crippen molar-refractivity contribution >= 4 is 0 Å². The van der Waals surface area contributed by atoms with Crippen LogP contribution in [0.1, 0.15) is 38.7 Å². The van der Waals surface area contributed by atoms with Crippen molar-refractivity contribution in [2.24, 2.45) is 0 Å². The second kappa shape index (κ2) is 9.86. The second-order valence-corrected chi connectivity index (χ2v) is 4.39. The molecule has 0 aliphatic rings. The molecule has 1 unspecified atom stereocenters. The molecular weight excluding hydrogens is 224 g/mol. The number of unbranched alkanes of at least 4 members (excludes halogenated alkanes) is 2. The predicted molar refractivity (Wildman–Crippen MR) is 75.3 cm³/mol. The third-order valence-corrected chi connectivity index (χ3v) is 2.66. The third-order valence-electron chi connectivity index (χ3n) is 2.66. The second-order valence-electron chi connectivity index (χ2n) is 4.39. The summed E-state index contributed by atoms with van der Waals surface area (Å²) < 4.78 is 11.0. The fourth-order valence-corrected chi connectivity index (χ4v) is 1.55. The Morgan fingerprint density at radius 3 is 2.72 bits per heavy atom. The summed E-state index contributed by atoms with van der Waals surface area (Å²) in [6.45, 7) is 5.18. The Balaban J connectivity index is 2.05. The number of allylic oxidation sites excluding steroid dienone is 1. The van der Waals surface area contributed by atoms with Gasteiger partial charge in [0.05, 0.1) is 12.7 Å². The molecule has 0 heterocycles. The Morgan fingerprint density at radius 2 is 2.00 bits per heavy atom. The van der Waals surface area contributed by atoms with E-state index in [1.54, 1.807) is 0 Å². The summed E-state index contributed by atoms with van der Waals surface area (Å²) in [5, 5.41) is 0. The lowest BCUT2D eigenvalue weighted by Crippen LogP contribution is -2.08. The molecule has 0 fully saturated rings. The van der Waals surface area contributed by atoms with Crippen molar-refractivity contribution in [3.8, 4) is 0 Å². The van der Waals surface area contributed by atoms with Gasteiger partial charge in [-0.1, -0.05) is 62.2 Å². The maximum Gasteiger partial charge on any atom is 0.147 e. The summed E-state index contributed by atoms with van der Waals surface area (Å²) in [5.41, 5.74) is 1.17. The van der Waals surface area contributed by atoms with Crippen LogP contribution in [0.2, 0.25) is 0 Å². The van der Waals surface area contributed by atoms with Gasteiger partial charge < -0.3 is 9.47 Å². The van der Waals surface area contributed by atoms with Crippen molar-refractivity contribution in [2.45, 2.75) is 45.8 Å². The van der Waals surface area contributed by atoms with Crippen LogP contribution in [0, 0.1) is 0 Å². The fraction of sp³-hybridized carbons (Fsp3) is 0.500. The minimum atomic E-state index is 0.123. The molecule has 2 nitrogen and oxygen atoms in total. The number of hydrogen-bond acceptors (Lipinski definition) is 2. The third kappa shape index (κ3) is 7.25. The van der Waals surface area contributed by atoms with E-state index in [1.165, 1.54) is 18.4 Å². The van der Waals surface area contributed by atoms with Crippen molar-refractivity contribution in [2.75, 3.05) is 6.79 Å². The smallest absolute Gasteiger partial charge is 0.147 e. The number of hydrogen-bond donors (Lipinski definition) is 0. The Morgan fingerprint density at radius 1 is 1.22 bits per heavy atom. The topological polar surface area (TPSA) is 18.5 Å². The highest BCUT2D eigenvalue weighted by molar-refractivity contribution is 5.13. The Kier molecular flexibility index (Phi) is 8.19. The zero-order chi connectivity index (χ0) is 13.1. The molecule has 1 aromatic rings. The lowest BCUT2D eigenvalue weighted by atomic mass is 10.2. The summed E-state index contributed by atoms with van der Waals surface area (Å²) in [7, 11) is 0. The molecule has 0 radical (unpaired) electrons. The summed E-state index contributed by atoms with van der Waals surface area (Å²) >= 11 is 0. The molecule has 0 N–H and O–H groups in total. The highest BCUT2D eigenvalue weighted by atomic mass is 16.7. The van der Waals surface area contributed by atoms with Crippen LogP contribution in [-0.4, -0.2) is 12.9 Å². The van der Waals surface area contributed by atoms with E-state index in [9.17, 15) is 0 Å². The number of benzene rings is 1. The molecule has 18 heavy (non-hydrogen) atoms. The first-order valence-corrected chi connectivity index (χ1v) is 6.73. The van der Waals surface area contributed by atoms with Gasteiger partial charge in [0.25, 0.3) is 0 Å². The highest BCUT2D eigenvalue weighted by Crippen LogP contribution is 2.02. The first-order valence-electron chi connectivity index (χ1n) is 6.73. The van der Waals surface area contributed by atoms with Gasteiger partial charge in [0, 0.05) is 0 Å². The van der Waals surface area contributed by atoms with Gasteiger partial charge >= 0.3 is 0 Å². The molecule has 0 aliphatic carbocycles. The van der Waals surface area contributed by atoms with E-state index in [-0.39, 0.29) is 6.10 Å². The molecule has 0 bridgehead atoms. The zero-order valence-electron chi connectivity index (χ0n) is 11.5. The van der Waals surface area contributed by atoms with Crippen LogP contribution in [0.15, 0.2) is 42.5 Å². The average molecular weight is 248 g/mol. The van der Waals surface area contributed by atoms with Crippen LogP contribution in [0.3, 0.4) is 0 Å². The minimum absolute atomic E-state index is 0.123. The first kappa shape index (κ1) is 14.9. The number of ether oxygens (including phenoxy) is 2. The zero-order valence-corrected chi connectivity index (χ0v) is 11.5. The maximum absolute atomic E-state index is 5.53. The summed E-state index contributed by atoms with van der Waals surface area (Å²) in [5.74, 6) is 0. The van der Waals surface area contributed by atoms with Crippen LogP contribution in [0.25, 0.3) is 0 Å². The molecule has 1 rings (SSSR count). The van der Waals surface area contributed by atoms with E-state index in [0.717, 1.165) is 6.42 Å². The molecule has 2 heteroatoms. The van der Waals surface area contributed by atoms with Crippen LogP contribution in [-0.2, 0) is 16.1 Å². The lowest BCUT2D eigenvalue weighted by molar-refractivity contribution is -0.0775. The molecule has 1 atom stereocenters. The van der Waals surface area contributed by atoms with Crippen LogP contribution in [0.5, 0.6) is 0 Å². The molecule has 0 aliphatic heterocycles. The minimum Gasteiger partial charge on any atom is -0.351 e. The van der Waals surface area contributed by atoms with Gasteiger partial charge in [0.15, 0.2) is 0 Å². The van der Waals surface area contributed by atoms with Gasteiger partial charge in [-0.15, -0.1) is 0 Å². The fourth-order valence-electron chi connectivity index (χ4n) is 1.55. The van der Waals surface area contributed by atoms with Crippen molar-refractivity contribution < 1.29 is 9.47 Å². The Labute approximate surface area is 111 Å². The molecule has 0 aromatic heterocycles. The molecule has 0 saturated carbocycles. The first-order chi connectivity index (χ1) is 8.83. The summed E-state index contributed by atoms with van der Waals surface area (Å²) in [4.78, 5) is 0. The lowest BCUT2D eigenvalue weighted by Gasteiger charge is -2.09. The molecule has 0 saturated heterocycles. The van der Waals surface area contributed by atoms with Gasteiger partial charge in [0.1, 0.15) is 6.79 Å². The molecular formula is C16H24O2. The maximum atomic E-state index is 5.53. The number of rotatable bonds is 9. The Bertz CT molecular complexity index is 319. The van der Waals surface area contributed by atoms with Gasteiger partial charge in [-0.2, -0.15) is 0 Å². The van der Waals surface area contributed by atoms with E-state index in [4.69, 9.17) is 9.47 Å². The van der Waals surface area contributed by atoms with Crippen LogP contribution >= 0.6 is 0 Å². The van der Waals surface area contributed by atoms with Crippen LogP contribution < -0.4 is 0 Å². The quantitative estimate of drug-likeness (QED) is 0.368. The molecule has 0 amide bonds. The molecule has 100 valence electrons. The van der Waals surface area contributed by atoms with Crippen molar-refractivity contribution in [3.63, 3.8) is 0 Å². The molecule has 0 spiro atoms. The predicted octanol–water partition coefficient (Wildman–Crippen LogP) is 4.31. The van der Waals surface area contributed by atoms with Crippen molar-refractivity contribution in [1.82, 2.24) is 0 Å². The van der Waals surface area contributed by atoms with Crippen LogP contribution in [0.4, 0.5) is 0 Å². The van der Waals surface area contributed by atoms with Crippen molar-refractivity contribution in [3.05, 3.63) is 48.0 Å². The largest absolute Gasteiger partial charge is 0.351 e. The summed E-state index contributed by atoms with van der Waals surface area (Å²) in [6, 6.07) is 10.1. The summed E-state index contributed by atoms with van der Waals surface area (Å²) in [6.07, 6.45) is 8.02. The highest BCUT2D eigenvalue weighted by Gasteiger charge is 1.96. The van der Waals surface area contributed by atoms with E-state index >= 15 is 0 Å². The van der Waals surface area contributed by atoms with Crippen molar-refractivity contribution in [1.29, 1.82) is 0 Å². The van der Waals surface area contributed by atoms with Gasteiger partial charge in [-0.3, -0.25) is 0 Å². The normalized spacial score (nSPS) is 13.0. The van der Waals surface area contributed by atoms with Gasteiger partial charge in [-0.25, -0.2) is 0 Å². The van der Waals surface area contributed by atoms with Gasteiger partial charge in [-0.05, 0) is 18.9 Å². The van der Waals surface area contributed by atoms with E-state index in [0.29, 0.717) is 13.4 Å². The monoisotopic (exact) mass is 248 g/mol. The van der Waals surface area contributed by atoms with Gasteiger partial charge in [0.2, 0.25) is 0 Å². The van der Waals surface area contributed by atoms with E-state index in [2.05, 4.69) is 19.1 Å². The Hall–Kier alpha value is -1.12. The standard InChI is InChI=1S/C16H24O2/c1-3-4-5-7-10-15(2)18-14-17-13-16-11-8-6-9-12-16/h6-12,15H,3-5,13-14H2,1-2H3/b10-7-. The van der Waals surface area contributed by atoms with E-state index in [1.807, 2.05) is 37.3 Å². The average Bonchev–Trinajstić information content (AvgIpc) is 2.41.